The fourth-order valence-electron chi connectivity index (χ4n) is 4.11. The third-order valence-corrected chi connectivity index (χ3v) is 6.03. The summed E-state index contributed by atoms with van der Waals surface area (Å²) in [5.41, 5.74) is 1.94. The first-order valence-corrected chi connectivity index (χ1v) is 10.7. The molecule has 0 spiro atoms. The van der Waals surface area contributed by atoms with E-state index in [0.29, 0.717) is 31.3 Å². The van der Waals surface area contributed by atoms with Crippen molar-refractivity contribution in [3.05, 3.63) is 65.2 Å². The lowest BCUT2D eigenvalue weighted by Crippen LogP contribution is -2.45. The molecular formula is C23H26ClN3O3. The Hall–Kier alpha value is -2.41. The second-order valence-electron chi connectivity index (χ2n) is 7.70. The van der Waals surface area contributed by atoms with Crippen LogP contribution in [-0.4, -0.2) is 56.1 Å². The van der Waals surface area contributed by atoms with Gasteiger partial charge in [-0.2, -0.15) is 0 Å². The van der Waals surface area contributed by atoms with Crippen molar-refractivity contribution in [3.63, 3.8) is 0 Å². The van der Waals surface area contributed by atoms with Gasteiger partial charge >= 0.3 is 0 Å². The summed E-state index contributed by atoms with van der Waals surface area (Å²) in [7, 11) is 0. The van der Waals surface area contributed by atoms with Gasteiger partial charge < -0.3 is 15.0 Å². The monoisotopic (exact) mass is 427 g/mol. The molecule has 0 bridgehead atoms. The van der Waals surface area contributed by atoms with Gasteiger partial charge in [0, 0.05) is 43.3 Å². The molecule has 2 atom stereocenters. The van der Waals surface area contributed by atoms with E-state index in [9.17, 15) is 9.59 Å². The lowest BCUT2D eigenvalue weighted by Gasteiger charge is -2.35. The predicted molar refractivity (Wildman–Crippen MR) is 116 cm³/mol. The number of hydrogen-bond acceptors (Lipinski definition) is 4. The summed E-state index contributed by atoms with van der Waals surface area (Å²) in [6, 6.07) is 17.3. The van der Waals surface area contributed by atoms with E-state index in [0.717, 1.165) is 24.3 Å². The highest BCUT2D eigenvalue weighted by molar-refractivity contribution is 6.30. The Morgan fingerprint density at radius 3 is 2.50 bits per heavy atom. The lowest BCUT2D eigenvalue weighted by molar-refractivity contribution is -0.126. The number of benzene rings is 2. The molecule has 0 saturated carbocycles. The number of carbonyl (C=O) groups excluding carboxylic acids is 2. The number of carbonyl (C=O) groups is 2. The predicted octanol–water partition coefficient (Wildman–Crippen LogP) is 2.88. The zero-order valence-corrected chi connectivity index (χ0v) is 17.6. The Morgan fingerprint density at radius 1 is 1.10 bits per heavy atom. The van der Waals surface area contributed by atoms with Crippen molar-refractivity contribution in [1.29, 1.82) is 0 Å². The molecule has 2 amide bonds. The molecule has 158 valence electrons. The molecule has 1 N–H and O–H groups in total. The molecule has 0 aromatic heterocycles. The van der Waals surface area contributed by atoms with Crippen LogP contribution >= 0.6 is 11.6 Å². The highest BCUT2D eigenvalue weighted by atomic mass is 35.5. The van der Waals surface area contributed by atoms with Crippen LogP contribution in [0.25, 0.3) is 0 Å². The highest BCUT2D eigenvalue weighted by Gasteiger charge is 2.35. The first kappa shape index (κ1) is 20.8. The van der Waals surface area contributed by atoms with E-state index in [4.69, 9.17) is 16.3 Å². The number of halogens is 1. The van der Waals surface area contributed by atoms with Gasteiger partial charge in [-0.05, 0) is 29.8 Å². The Labute approximate surface area is 181 Å². The molecule has 2 aliphatic rings. The number of nitrogens with zero attached hydrogens (tertiary/aromatic N) is 2. The van der Waals surface area contributed by atoms with Gasteiger partial charge in [0.2, 0.25) is 11.8 Å². The largest absolute Gasteiger partial charge is 0.379 e. The van der Waals surface area contributed by atoms with Crippen LogP contribution in [0, 0.1) is 5.92 Å². The molecule has 30 heavy (non-hydrogen) atoms. The minimum absolute atomic E-state index is 0.0104. The maximum absolute atomic E-state index is 12.9. The molecule has 2 aromatic carbocycles. The first-order valence-electron chi connectivity index (χ1n) is 10.3. The van der Waals surface area contributed by atoms with Crippen LogP contribution in [0.5, 0.6) is 0 Å². The van der Waals surface area contributed by atoms with Crippen molar-refractivity contribution < 1.29 is 14.3 Å². The maximum atomic E-state index is 12.9. The summed E-state index contributed by atoms with van der Waals surface area (Å²) in [5, 5.41) is 3.78. The molecule has 4 rings (SSSR count). The van der Waals surface area contributed by atoms with Crippen molar-refractivity contribution in [1.82, 2.24) is 10.2 Å². The Kier molecular flexibility index (Phi) is 6.67. The third kappa shape index (κ3) is 4.83. The van der Waals surface area contributed by atoms with Crippen LogP contribution in [0.4, 0.5) is 5.69 Å². The molecule has 2 aromatic rings. The van der Waals surface area contributed by atoms with E-state index in [-0.39, 0.29) is 30.2 Å². The summed E-state index contributed by atoms with van der Waals surface area (Å²) in [6.07, 6.45) is 0.240. The van der Waals surface area contributed by atoms with E-state index >= 15 is 0 Å². The number of ether oxygens (including phenoxy) is 1. The quantitative estimate of drug-likeness (QED) is 0.770. The van der Waals surface area contributed by atoms with E-state index in [1.165, 1.54) is 0 Å². The summed E-state index contributed by atoms with van der Waals surface area (Å²) in [4.78, 5) is 29.3. The van der Waals surface area contributed by atoms with Crippen molar-refractivity contribution in [2.45, 2.75) is 12.5 Å². The summed E-state index contributed by atoms with van der Waals surface area (Å²) in [5.74, 6) is -0.425. The van der Waals surface area contributed by atoms with Crippen LogP contribution in [0.1, 0.15) is 18.0 Å². The molecule has 2 saturated heterocycles. The zero-order chi connectivity index (χ0) is 20.9. The van der Waals surface area contributed by atoms with E-state index in [1.807, 2.05) is 54.6 Å². The number of anilines is 1. The summed E-state index contributed by atoms with van der Waals surface area (Å²) < 4.78 is 5.48. The van der Waals surface area contributed by atoms with Gasteiger partial charge in [0.25, 0.3) is 0 Å². The molecule has 2 unspecified atom stereocenters. The topological polar surface area (TPSA) is 61.9 Å². The molecule has 2 aliphatic heterocycles. The number of amides is 2. The van der Waals surface area contributed by atoms with Crippen molar-refractivity contribution in [3.8, 4) is 0 Å². The third-order valence-electron chi connectivity index (χ3n) is 5.77. The van der Waals surface area contributed by atoms with Gasteiger partial charge in [-0.3, -0.25) is 14.5 Å². The van der Waals surface area contributed by atoms with Crippen LogP contribution in [-0.2, 0) is 14.3 Å². The Morgan fingerprint density at radius 2 is 1.80 bits per heavy atom. The average molecular weight is 428 g/mol. The van der Waals surface area contributed by atoms with Crippen LogP contribution in [0.15, 0.2) is 54.6 Å². The molecular weight excluding hydrogens is 402 g/mol. The fraction of sp³-hybridized carbons (Fsp3) is 0.391. The van der Waals surface area contributed by atoms with Crippen molar-refractivity contribution in [2.24, 2.45) is 5.92 Å². The minimum atomic E-state index is -0.340. The Balaban J connectivity index is 1.41. The standard InChI is InChI=1S/C23H26ClN3O3/c24-19-8-6-17(7-9-19)21(26-10-12-30-13-11-26)15-25-23(29)18-14-22(28)27(16-18)20-4-2-1-3-5-20/h1-9,18,21H,10-16H2,(H,25,29). The van der Waals surface area contributed by atoms with Gasteiger partial charge in [0.05, 0.1) is 25.2 Å². The Bertz CT molecular complexity index is 869. The first-order chi connectivity index (χ1) is 14.6. The summed E-state index contributed by atoms with van der Waals surface area (Å²) in [6.45, 7) is 3.89. The minimum Gasteiger partial charge on any atom is -0.379 e. The second kappa shape index (κ2) is 9.60. The smallest absolute Gasteiger partial charge is 0.227 e. The number of hydrogen-bond donors (Lipinski definition) is 1. The highest BCUT2D eigenvalue weighted by Crippen LogP contribution is 2.26. The van der Waals surface area contributed by atoms with Gasteiger partial charge in [-0.1, -0.05) is 41.9 Å². The second-order valence-corrected chi connectivity index (χ2v) is 8.14. The van der Waals surface area contributed by atoms with Crippen LogP contribution < -0.4 is 10.2 Å². The van der Waals surface area contributed by atoms with Crippen LogP contribution in [0.3, 0.4) is 0 Å². The number of nitrogens with one attached hydrogen (secondary N) is 1. The van der Waals surface area contributed by atoms with Gasteiger partial charge in [0.15, 0.2) is 0 Å². The summed E-state index contributed by atoms with van der Waals surface area (Å²) >= 11 is 6.05. The molecule has 7 heteroatoms. The molecule has 0 aliphatic carbocycles. The van der Waals surface area contributed by atoms with E-state index in [2.05, 4.69) is 10.2 Å². The molecule has 2 heterocycles. The molecule has 2 fully saturated rings. The normalized spacial score (nSPS) is 20.9. The van der Waals surface area contributed by atoms with Crippen LogP contribution in [0.2, 0.25) is 5.02 Å². The zero-order valence-electron chi connectivity index (χ0n) is 16.8. The maximum Gasteiger partial charge on any atom is 0.227 e. The van der Waals surface area contributed by atoms with Crippen molar-refractivity contribution in [2.75, 3.05) is 44.3 Å². The van der Waals surface area contributed by atoms with E-state index < -0.39 is 0 Å². The van der Waals surface area contributed by atoms with Gasteiger partial charge in [-0.15, -0.1) is 0 Å². The molecule has 0 radical (unpaired) electrons. The van der Waals surface area contributed by atoms with E-state index in [1.54, 1.807) is 4.90 Å². The lowest BCUT2D eigenvalue weighted by atomic mass is 10.0. The van der Waals surface area contributed by atoms with Gasteiger partial charge in [-0.25, -0.2) is 0 Å². The fourth-order valence-corrected chi connectivity index (χ4v) is 4.24. The number of morpholine rings is 1. The van der Waals surface area contributed by atoms with Gasteiger partial charge in [0.1, 0.15) is 0 Å². The molecule has 6 nitrogen and oxygen atoms in total. The van der Waals surface area contributed by atoms with Crippen molar-refractivity contribution >= 4 is 29.1 Å². The number of para-hydroxylation sites is 1. The number of rotatable bonds is 6. The average Bonchev–Trinajstić information content (AvgIpc) is 3.18. The SMILES string of the molecule is O=C(NCC(c1ccc(Cl)cc1)N1CCOCC1)C1CC(=O)N(c2ccccc2)C1.